The number of aliphatic hydroxyl groups excluding tert-OH is 2. The third-order valence-corrected chi connectivity index (χ3v) is 5.76. The number of epoxide rings is 1. The Kier molecular flexibility index (Phi) is 2.53. The molecule has 3 aliphatic rings. The van der Waals surface area contributed by atoms with Gasteiger partial charge in [0, 0.05) is 5.57 Å². The lowest BCUT2D eigenvalue weighted by Gasteiger charge is -2.32. The summed E-state index contributed by atoms with van der Waals surface area (Å²) in [5.74, 6) is 0. The Labute approximate surface area is 144 Å². The van der Waals surface area contributed by atoms with E-state index < -0.39 is 12.2 Å². The molecule has 1 saturated heterocycles. The Bertz CT molecular complexity index is 1120. The van der Waals surface area contributed by atoms with Crippen LogP contribution in [0.15, 0.2) is 66.3 Å². The summed E-state index contributed by atoms with van der Waals surface area (Å²) in [4.78, 5) is 0. The lowest BCUT2D eigenvalue weighted by atomic mass is 9.76. The maximum Gasteiger partial charge on any atom is 0.113 e. The van der Waals surface area contributed by atoms with Gasteiger partial charge in [-0.15, -0.1) is 0 Å². The first-order chi connectivity index (χ1) is 12.2. The molecule has 122 valence electrons. The second kappa shape index (κ2) is 4.58. The van der Waals surface area contributed by atoms with Gasteiger partial charge in [-0.1, -0.05) is 60.7 Å². The summed E-state index contributed by atoms with van der Waals surface area (Å²) in [6.07, 6.45) is 2.25. The van der Waals surface area contributed by atoms with E-state index in [4.69, 9.17) is 4.74 Å². The van der Waals surface area contributed by atoms with Crippen LogP contribution in [0.5, 0.6) is 0 Å². The number of hydrogen-bond donors (Lipinski definition) is 2. The average Bonchev–Trinajstić information content (AvgIpc) is 3.44. The van der Waals surface area contributed by atoms with Crippen LogP contribution in [-0.4, -0.2) is 28.5 Å². The molecule has 0 radical (unpaired) electrons. The molecule has 25 heavy (non-hydrogen) atoms. The van der Waals surface area contributed by atoms with E-state index in [1.807, 2.05) is 24.3 Å². The van der Waals surface area contributed by atoms with Gasteiger partial charge in [0.05, 0.1) is 0 Å². The lowest BCUT2D eigenvalue weighted by molar-refractivity contribution is 0.0360. The zero-order valence-electron chi connectivity index (χ0n) is 13.4. The van der Waals surface area contributed by atoms with Gasteiger partial charge < -0.3 is 14.9 Å². The largest absolute Gasteiger partial charge is 0.386 e. The van der Waals surface area contributed by atoms with Crippen molar-refractivity contribution in [2.24, 2.45) is 0 Å². The number of hydrogen-bond acceptors (Lipinski definition) is 3. The Morgan fingerprint density at radius 3 is 2.56 bits per heavy atom. The third-order valence-electron chi connectivity index (χ3n) is 5.76. The summed E-state index contributed by atoms with van der Waals surface area (Å²) in [5.41, 5.74) is 3.65. The van der Waals surface area contributed by atoms with Crippen molar-refractivity contribution in [1.29, 1.82) is 0 Å². The SMILES string of the molecule is OC1C2=C(C=CC3OC23)c2c(ccc3c2ccc2ccccc23)C1O. The van der Waals surface area contributed by atoms with Gasteiger partial charge >= 0.3 is 0 Å². The van der Waals surface area contributed by atoms with Gasteiger partial charge in [-0.05, 0) is 38.2 Å². The quantitative estimate of drug-likeness (QED) is 0.491. The fourth-order valence-corrected chi connectivity index (χ4v) is 4.51. The van der Waals surface area contributed by atoms with Crippen LogP contribution < -0.4 is 0 Å². The van der Waals surface area contributed by atoms with E-state index in [-0.39, 0.29) is 12.2 Å². The summed E-state index contributed by atoms with van der Waals surface area (Å²) in [6, 6.07) is 16.6. The highest BCUT2D eigenvalue weighted by Crippen LogP contribution is 2.50. The Balaban J connectivity index is 1.75. The van der Waals surface area contributed by atoms with Crippen LogP contribution in [0.1, 0.15) is 17.2 Å². The molecule has 1 aliphatic heterocycles. The smallest absolute Gasteiger partial charge is 0.113 e. The Morgan fingerprint density at radius 2 is 1.64 bits per heavy atom. The monoisotopic (exact) mass is 328 g/mol. The molecular weight excluding hydrogens is 312 g/mol. The van der Waals surface area contributed by atoms with E-state index in [0.717, 1.165) is 27.7 Å². The molecule has 0 saturated carbocycles. The van der Waals surface area contributed by atoms with Gasteiger partial charge in [0.1, 0.15) is 24.4 Å². The Morgan fingerprint density at radius 1 is 0.800 bits per heavy atom. The number of benzene rings is 3. The standard InChI is InChI=1S/C22H16O3/c23-20-16-8-7-13-12-4-2-1-3-11(12)5-6-14(13)18(16)15-9-10-17-22(25-17)19(15)21(20)24/h1-10,17,20-24H. The molecule has 4 unspecified atom stereocenters. The first-order valence-corrected chi connectivity index (χ1v) is 8.62. The highest BCUT2D eigenvalue weighted by Gasteiger charge is 2.49. The minimum atomic E-state index is -0.916. The molecule has 0 amide bonds. The molecule has 2 aliphatic carbocycles. The number of allylic oxidation sites excluding steroid dienone is 2. The maximum absolute atomic E-state index is 10.7. The van der Waals surface area contributed by atoms with Crippen molar-refractivity contribution in [3.63, 3.8) is 0 Å². The minimum Gasteiger partial charge on any atom is -0.386 e. The van der Waals surface area contributed by atoms with E-state index in [1.54, 1.807) is 0 Å². The van der Waals surface area contributed by atoms with Gasteiger partial charge in [0.2, 0.25) is 0 Å². The third kappa shape index (κ3) is 1.70. The van der Waals surface area contributed by atoms with Crippen LogP contribution in [0.2, 0.25) is 0 Å². The van der Waals surface area contributed by atoms with E-state index in [9.17, 15) is 10.2 Å². The van der Waals surface area contributed by atoms with Crippen LogP contribution in [0.4, 0.5) is 0 Å². The summed E-state index contributed by atoms with van der Waals surface area (Å²) >= 11 is 0. The van der Waals surface area contributed by atoms with E-state index in [2.05, 4.69) is 36.4 Å². The van der Waals surface area contributed by atoms with Gasteiger partial charge in [-0.25, -0.2) is 0 Å². The summed E-state index contributed by atoms with van der Waals surface area (Å²) in [6.45, 7) is 0. The number of rotatable bonds is 0. The van der Waals surface area contributed by atoms with Crippen LogP contribution in [0.3, 0.4) is 0 Å². The molecule has 0 aromatic heterocycles. The summed E-state index contributed by atoms with van der Waals surface area (Å²) in [7, 11) is 0. The molecule has 0 spiro atoms. The molecule has 3 heteroatoms. The summed E-state index contributed by atoms with van der Waals surface area (Å²) < 4.78 is 5.65. The van der Waals surface area contributed by atoms with Crippen molar-refractivity contribution in [3.8, 4) is 0 Å². The van der Waals surface area contributed by atoms with Crippen molar-refractivity contribution in [2.75, 3.05) is 0 Å². The topological polar surface area (TPSA) is 53.0 Å². The van der Waals surface area contributed by atoms with Crippen molar-refractivity contribution in [1.82, 2.24) is 0 Å². The number of aliphatic hydroxyl groups is 2. The normalized spacial score (nSPS) is 29.5. The van der Waals surface area contributed by atoms with E-state index >= 15 is 0 Å². The number of ether oxygens (including phenoxy) is 1. The van der Waals surface area contributed by atoms with Gasteiger partial charge in [-0.3, -0.25) is 0 Å². The zero-order valence-corrected chi connectivity index (χ0v) is 13.4. The predicted octanol–water partition coefficient (Wildman–Crippen LogP) is 3.49. The van der Waals surface area contributed by atoms with Crippen LogP contribution >= 0.6 is 0 Å². The Hall–Kier alpha value is -2.46. The highest BCUT2D eigenvalue weighted by molar-refractivity contribution is 6.12. The van der Waals surface area contributed by atoms with Crippen LogP contribution in [-0.2, 0) is 4.74 Å². The van der Waals surface area contributed by atoms with E-state index in [1.165, 1.54) is 16.2 Å². The highest BCUT2D eigenvalue weighted by atomic mass is 16.6. The first-order valence-electron chi connectivity index (χ1n) is 8.62. The fourth-order valence-electron chi connectivity index (χ4n) is 4.51. The molecule has 2 N–H and O–H groups in total. The van der Waals surface area contributed by atoms with Crippen molar-refractivity contribution in [3.05, 3.63) is 77.4 Å². The molecule has 1 fully saturated rings. The second-order valence-electron chi connectivity index (χ2n) is 7.05. The number of fused-ring (bicyclic) bond motifs is 8. The van der Waals surface area contributed by atoms with Crippen LogP contribution in [0, 0.1) is 0 Å². The minimum absolute atomic E-state index is 0.0537. The second-order valence-corrected chi connectivity index (χ2v) is 7.05. The van der Waals surface area contributed by atoms with Crippen molar-refractivity contribution in [2.45, 2.75) is 24.4 Å². The van der Waals surface area contributed by atoms with Crippen molar-refractivity contribution < 1.29 is 14.9 Å². The molecule has 3 nitrogen and oxygen atoms in total. The summed E-state index contributed by atoms with van der Waals surface area (Å²) in [5, 5.41) is 26.0. The van der Waals surface area contributed by atoms with Crippen LogP contribution in [0.25, 0.3) is 27.1 Å². The molecule has 0 bridgehead atoms. The molecule has 3 aromatic rings. The molecule has 3 aromatic carbocycles. The lowest BCUT2D eigenvalue weighted by Crippen LogP contribution is -2.30. The zero-order chi connectivity index (χ0) is 16.7. The molecule has 4 atom stereocenters. The van der Waals surface area contributed by atoms with Gasteiger partial charge in [-0.2, -0.15) is 0 Å². The molecular formula is C22H16O3. The van der Waals surface area contributed by atoms with Crippen molar-refractivity contribution >= 4 is 27.1 Å². The van der Waals surface area contributed by atoms with Gasteiger partial charge in [0.25, 0.3) is 0 Å². The maximum atomic E-state index is 10.7. The average molecular weight is 328 g/mol. The first kappa shape index (κ1) is 13.8. The predicted molar refractivity (Wildman–Crippen MR) is 97.1 cm³/mol. The molecule has 1 heterocycles. The van der Waals surface area contributed by atoms with E-state index in [0.29, 0.717) is 0 Å². The fraction of sp³-hybridized carbons (Fsp3) is 0.182. The van der Waals surface area contributed by atoms with Gasteiger partial charge in [0.15, 0.2) is 0 Å². The molecule has 6 rings (SSSR count).